The summed E-state index contributed by atoms with van der Waals surface area (Å²) in [6.45, 7) is 0. The quantitative estimate of drug-likeness (QED) is 0.583. The molecule has 0 N–H and O–H groups in total. The first kappa shape index (κ1) is 14.1. The monoisotopic (exact) mass is 314 g/mol. The van der Waals surface area contributed by atoms with Crippen molar-refractivity contribution in [3.63, 3.8) is 0 Å². The predicted octanol–water partition coefficient (Wildman–Crippen LogP) is 4.91. The number of benzene rings is 1. The number of nitriles is 1. The van der Waals surface area contributed by atoms with Crippen molar-refractivity contribution in [1.29, 1.82) is 5.26 Å². The molecular weight excluding hydrogens is 310 g/mol. The number of rotatable bonds is 2. The van der Waals surface area contributed by atoms with Gasteiger partial charge >= 0.3 is 0 Å². The molecule has 0 aliphatic carbocycles. The Hall–Kier alpha value is -1.34. The zero-order valence-corrected chi connectivity index (χ0v) is 11.7. The second kappa shape index (κ2) is 5.75. The number of hydrogen-bond acceptors (Lipinski definition) is 2. The Morgan fingerprint density at radius 1 is 1.21 bits per heavy atom. The van der Waals surface area contributed by atoms with Crippen LogP contribution in [0.2, 0.25) is 15.1 Å². The number of halogens is 4. The van der Waals surface area contributed by atoms with Gasteiger partial charge in [-0.2, -0.15) is 9.65 Å². The minimum Gasteiger partial charge on any atom is -0.219 e. The van der Waals surface area contributed by atoms with Crippen molar-refractivity contribution >= 4 is 34.8 Å². The molecule has 96 valence electrons. The van der Waals surface area contributed by atoms with Gasteiger partial charge in [0, 0.05) is 16.1 Å². The van der Waals surface area contributed by atoms with E-state index < -0.39 is 5.95 Å². The molecule has 0 unspecified atom stereocenters. The van der Waals surface area contributed by atoms with Crippen LogP contribution in [0.5, 0.6) is 0 Å². The van der Waals surface area contributed by atoms with Gasteiger partial charge in [0.25, 0.3) is 0 Å². The van der Waals surface area contributed by atoms with E-state index in [0.29, 0.717) is 16.3 Å². The van der Waals surface area contributed by atoms with Gasteiger partial charge in [-0.1, -0.05) is 40.9 Å². The Morgan fingerprint density at radius 3 is 2.58 bits per heavy atom. The summed E-state index contributed by atoms with van der Waals surface area (Å²) in [5.41, 5.74) is 0.991. The van der Waals surface area contributed by atoms with Crippen LogP contribution in [-0.2, 0) is 6.42 Å². The molecule has 0 saturated carbocycles. The maximum atomic E-state index is 13.7. The molecule has 0 aliphatic heterocycles. The summed E-state index contributed by atoms with van der Waals surface area (Å²) in [5, 5.41) is 9.46. The van der Waals surface area contributed by atoms with Crippen LogP contribution in [0.4, 0.5) is 4.39 Å². The summed E-state index contributed by atoms with van der Waals surface area (Å²) in [5.74, 6) is -0.703. The summed E-state index contributed by atoms with van der Waals surface area (Å²) in [7, 11) is 0. The highest BCUT2D eigenvalue weighted by Crippen LogP contribution is 2.35. The van der Waals surface area contributed by atoms with E-state index >= 15 is 0 Å². The minimum absolute atomic E-state index is 0.0385. The maximum Gasteiger partial charge on any atom is 0.217 e. The number of pyridine rings is 1. The first-order valence-electron chi connectivity index (χ1n) is 5.20. The summed E-state index contributed by atoms with van der Waals surface area (Å²) >= 11 is 17.8. The van der Waals surface area contributed by atoms with E-state index in [4.69, 9.17) is 40.1 Å². The summed E-state index contributed by atoms with van der Waals surface area (Å²) in [6.07, 6.45) is -0.0385. The number of hydrogen-bond donors (Lipinski definition) is 0. The van der Waals surface area contributed by atoms with E-state index in [1.54, 1.807) is 12.1 Å². The van der Waals surface area contributed by atoms with E-state index in [1.165, 1.54) is 12.1 Å². The van der Waals surface area contributed by atoms with Gasteiger partial charge in [-0.15, -0.1) is 0 Å². The van der Waals surface area contributed by atoms with Crippen LogP contribution < -0.4 is 0 Å². The van der Waals surface area contributed by atoms with E-state index in [0.717, 1.165) is 0 Å². The Labute approximate surface area is 124 Å². The molecule has 1 heterocycles. The van der Waals surface area contributed by atoms with E-state index in [9.17, 15) is 4.39 Å². The molecule has 0 spiro atoms. The lowest BCUT2D eigenvalue weighted by Crippen LogP contribution is -1.95. The molecule has 0 aliphatic rings. The summed E-state index contributed by atoms with van der Waals surface area (Å²) in [4.78, 5) is 3.79. The van der Waals surface area contributed by atoms with Crippen LogP contribution in [0, 0.1) is 17.3 Å². The van der Waals surface area contributed by atoms with Crippen LogP contribution in [-0.4, -0.2) is 4.98 Å². The van der Waals surface area contributed by atoms with Gasteiger partial charge in [-0.05, 0) is 18.2 Å². The molecule has 0 bridgehead atoms. The lowest BCUT2D eigenvalue weighted by Gasteiger charge is -2.07. The van der Waals surface area contributed by atoms with Crippen LogP contribution >= 0.6 is 34.8 Å². The third-order valence-electron chi connectivity index (χ3n) is 2.46. The maximum absolute atomic E-state index is 13.7. The van der Waals surface area contributed by atoms with Crippen LogP contribution in [0.15, 0.2) is 24.3 Å². The lowest BCUT2D eigenvalue weighted by molar-refractivity contribution is 0.573. The first-order chi connectivity index (χ1) is 9.02. The van der Waals surface area contributed by atoms with Crippen LogP contribution in [0.25, 0.3) is 11.3 Å². The highest BCUT2D eigenvalue weighted by molar-refractivity contribution is 6.45. The fourth-order valence-corrected chi connectivity index (χ4v) is 2.27. The zero-order valence-electron chi connectivity index (χ0n) is 9.42. The van der Waals surface area contributed by atoms with Crippen LogP contribution in [0.3, 0.4) is 0 Å². The molecule has 1 aromatic carbocycles. The molecule has 2 aromatic rings. The highest BCUT2D eigenvalue weighted by Gasteiger charge is 2.12. The van der Waals surface area contributed by atoms with Crippen molar-refractivity contribution in [2.75, 3.05) is 0 Å². The molecule has 0 radical (unpaired) electrons. The smallest absolute Gasteiger partial charge is 0.217 e. The first-order valence-corrected chi connectivity index (χ1v) is 6.33. The fourth-order valence-electron chi connectivity index (χ4n) is 1.57. The Kier molecular flexibility index (Phi) is 4.26. The SMILES string of the molecule is N#CCc1ccc(-c2cc(Cl)cc(Cl)c2Cl)nc1F. The third-order valence-corrected chi connectivity index (χ3v) is 3.48. The molecule has 0 fully saturated rings. The Bertz CT molecular complexity index is 680. The van der Waals surface area contributed by atoms with Gasteiger partial charge in [0.05, 0.1) is 28.2 Å². The summed E-state index contributed by atoms with van der Waals surface area (Å²) in [6, 6.07) is 7.98. The Balaban J connectivity index is 2.54. The third kappa shape index (κ3) is 2.98. The van der Waals surface area contributed by atoms with Gasteiger partial charge in [0.15, 0.2) is 0 Å². The molecular formula is C13H6Cl3FN2. The normalized spacial score (nSPS) is 10.3. The number of nitrogens with zero attached hydrogens (tertiary/aromatic N) is 2. The van der Waals surface area contributed by atoms with E-state index in [2.05, 4.69) is 4.98 Å². The second-order valence-corrected chi connectivity index (χ2v) is 4.95. The lowest BCUT2D eigenvalue weighted by atomic mass is 10.1. The second-order valence-electron chi connectivity index (χ2n) is 3.73. The van der Waals surface area contributed by atoms with Crippen molar-refractivity contribution in [1.82, 2.24) is 4.98 Å². The zero-order chi connectivity index (χ0) is 14.0. The molecule has 2 rings (SSSR count). The molecule has 0 atom stereocenters. The van der Waals surface area contributed by atoms with Gasteiger partial charge < -0.3 is 0 Å². The fraction of sp³-hybridized carbons (Fsp3) is 0.0769. The van der Waals surface area contributed by atoms with Crippen molar-refractivity contribution in [2.45, 2.75) is 6.42 Å². The van der Waals surface area contributed by atoms with Crippen molar-refractivity contribution < 1.29 is 4.39 Å². The molecule has 6 heteroatoms. The predicted molar refractivity (Wildman–Crippen MR) is 74.0 cm³/mol. The molecule has 19 heavy (non-hydrogen) atoms. The van der Waals surface area contributed by atoms with E-state index in [1.807, 2.05) is 6.07 Å². The van der Waals surface area contributed by atoms with Crippen LogP contribution in [0.1, 0.15) is 5.56 Å². The van der Waals surface area contributed by atoms with Gasteiger partial charge in [-0.3, -0.25) is 0 Å². The average Bonchev–Trinajstić information content (AvgIpc) is 2.36. The standard InChI is InChI=1S/C13H6Cl3FN2/c14-8-5-9(12(16)10(15)6-8)11-2-1-7(3-4-18)13(17)19-11/h1-2,5-6H,3H2. The van der Waals surface area contributed by atoms with Crippen molar-refractivity contribution in [2.24, 2.45) is 0 Å². The topological polar surface area (TPSA) is 36.7 Å². The largest absolute Gasteiger partial charge is 0.219 e. The van der Waals surface area contributed by atoms with Gasteiger partial charge in [0.2, 0.25) is 5.95 Å². The van der Waals surface area contributed by atoms with Gasteiger partial charge in [0.1, 0.15) is 0 Å². The molecule has 0 saturated heterocycles. The summed E-state index contributed by atoms with van der Waals surface area (Å²) < 4.78 is 13.7. The molecule has 1 aromatic heterocycles. The van der Waals surface area contributed by atoms with Gasteiger partial charge in [-0.25, -0.2) is 4.98 Å². The molecule has 2 nitrogen and oxygen atoms in total. The Morgan fingerprint density at radius 2 is 1.95 bits per heavy atom. The van der Waals surface area contributed by atoms with Crippen molar-refractivity contribution in [3.05, 3.63) is 50.8 Å². The highest BCUT2D eigenvalue weighted by atomic mass is 35.5. The minimum atomic E-state index is -0.703. The van der Waals surface area contributed by atoms with E-state index in [-0.39, 0.29) is 22.0 Å². The van der Waals surface area contributed by atoms with Crippen molar-refractivity contribution in [3.8, 4) is 17.3 Å². The average molecular weight is 316 g/mol. The number of aromatic nitrogens is 1. The molecule has 0 amide bonds.